The van der Waals surface area contributed by atoms with Crippen molar-refractivity contribution in [3.8, 4) is 22.0 Å². The molecule has 0 aliphatic rings. The van der Waals surface area contributed by atoms with Crippen molar-refractivity contribution in [1.82, 2.24) is 10.3 Å². The van der Waals surface area contributed by atoms with Gasteiger partial charge in [-0.25, -0.2) is 4.98 Å². The third kappa shape index (κ3) is 5.78. The largest absolute Gasteiger partial charge is 0.462 e. The molecule has 0 saturated heterocycles. The van der Waals surface area contributed by atoms with E-state index in [2.05, 4.69) is 15.6 Å². The standard InChI is InChI=1S/C26H25N3O4S/c1-2-32-15-8-14-27-24(30)19-11-6-12-20(17-19)28-25(31)23-22(18-9-4-3-5-10-18)29-26(34-23)21-13-7-16-33-21/h3-7,9-13,16-17H,2,8,14-15H2,1H3,(H,27,30)(H,28,31). The Morgan fingerprint density at radius 1 is 1.03 bits per heavy atom. The molecule has 2 amide bonds. The fourth-order valence-electron chi connectivity index (χ4n) is 3.32. The molecular formula is C26H25N3O4S. The number of anilines is 1. The van der Waals surface area contributed by atoms with Crippen LogP contribution >= 0.6 is 11.3 Å². The molecule has 0 spiro atoms. The molecule has 2 heterocycles. The van der Waals surface area contributed by atoms with E-state index in [0.29, 0.717) is 52.3 Å². The van der Waals surface area contributed by atoms with Gasteiger partial charge in [-0.2, -0.15) is 0 Å². The number of hydrogen-bond donors (Lipinski definition) is 2. The number of amides is 2. The zero-order valence-corrected chi connectivity index (χ0v) is 19.6. The molecule has 174 valence electrons. The second-order valence-electron chi connectivity index (χ2n) is 7.38. The molecule has 2 aromatic heterocycles. The number of nitrogens with one attached hydrogen (secondary N) is 2. The highest BCUT2D eigenvalue weighted by atomic mass is 32.1. The second-order valence-corrected chi connectivity index (χ2v) is 8.38. The van der Waals surface area contributed by atoms with Crippen LogP contribution in [0.15, 0.2) is 77.4 Å². The van der Waals surface area contributed by atoms with E-state index in [4.69, 9.17) is 9.15 Å². The summed E-state index contributed by atoms with van der Waals surface area (Å²) in [7, 11) is 0. The number of carbonyl (C=O) groups excluding carboxylic acids is 2. The smallest absolute Gasteiger partial charge is 0.268 e. The highest BCUT2D eigenvalue weighted by Gasteiger charge is 2.21. The van der Waals surface area contributed by atoms with Crippen molar-refractivity contribution in [2.24, 2.45) is 0 Å². The van der Waals surface area contributed by atoms with Crippen molar-refractivity contribution >= 4 is 28.8 Å². The average molecular weight is 476 g/mol. The average Bonchev–Trinajstić information content (AvgIpc) is 3.55. The molecule has 2 N–H and O–H groups in total. The van der Waals surface area contributed by atoms with Gasteiger partial charge >= 0.3 is 0 Å². The molecule has 4 rings (SSSR count). The quantitative estimate of drug-likeness (QED) is 0.296. The Morgan fingerprint density at radius 2 is 1.88 bits per heavy atom. The van der Waals surface area contributed by atoms with Gasteiger partial charge in [0.1, 0.15) is 4.88 Å². The van der Waals surface area contributed by atoms with Gasteiger partial charge in [-0.3, -0.25) is 9.59 Å². The normalized spacial score (nSPS) is 10.7. The summed E-state index contributed by atoms with van der Waals surface area (Å²) < 4.78 is 10.8. The van der Waals surface area contributed by atoms with Crippen molar-refractivity contribution in [3.63, 3.8) is 0 Å². The molecule has 0 radical (unpaired) electrons. The van der Waals surface area contributed by atoms with Crippen molar-refractivity contribution in [3.05, 3.63) is 83.4 Å². The van der Waals surface area contributed by atoms with E-state index in [1.807, 2.05) is 43.3 Å². The summed E-state index contributed by atoms with van der Waals surface area (Å²) in [5, 5.41) is 6.40. The third-order valence-corrected chi connectivity index (χ3v) is 6.02. The van der Waals surface area contributed by atoms with Crippen LogP contribution in [0.3, 0.4) is 0 Å². The van der Waals surface area contributed by atoms with Gasteiger partial charge in [-0.15, -0.1) is 11.3 Å². The topological polar surface area (TPSA) is 93.5 Å². The van der Waals surface area contributed by atoms with Gasteiger partial charge in [-0.1, -0.05) is 36.4 Å². The number of aromatic nitrogens is 1. The second kappa shape index (κ2) is 11.4. The lowest BCUT2D eigenvalue weighted by molar-refractivity contribution is 0.0943. The van der Waals surface area contributed by atoms with Gasteiger partial charge in [0, 0.05) is 36.6 Å². The fourth-order valence-corrected chi connectivity index (χ4v) is 4.27. The number of rotatable bonds is 10. The van der Waals surface area contributed by atoms with E-state index in [9.17, 15) is 9.59 Å². The number of benzene rings is 2. The van der Waals surface area contributed by atoms with Gasteiger partial charge in [0.2, 0.25) is 0 Å². The Bertz CT molecular complexity index is 1240. The maximum absolute atomic E-state index is 13.3. The molecule has 0 fully saturated rings. The van der Waals surface area contributed by atoms with Gasteiger partial charge < -0.3 is 19.8 Å². The van der Waals surface area contributed by atoms with E-state index < -0.39 is 0 Å². The Hall–Kier alpha value is -3.75. The van der Waals surface area contributed by atoms with E-state index in [1.54, 1.807) is 36.6 Å². The zero-order valence-electron chi connectivity index (χ0n) is 18.7. The molecule has 0 saturated carbocycles. The van der Waals surface area contributed by atoms with Crippen LogP contribution < -0.4 is 10.6 Å². The first kappa shape index (κ1) is 23.4. The van der Waals surface area contributed by atoms with Gasteiger partial charge in [-0.05, 0) is 43.7 Å². The van der Waals surface area contributed by atoms with Crippen molar-refractivity contribution < 1.29 is 18.7 Å². The number of hydrogen-bond acceptors (Lipinski definition) is 6. The Balaban J connectivity index is 1.52. The molecular weight excluding hydrogens is 450 g/mol. The Kier molecular flexibility index (Phi) is 7.85. The Morgan fingerprint density at radius 3 is 2.65 bits per heavy atom. The van der Waals surface area contributed by atoms with Crippen molar-refractivity contribution in [2.45, 2.75) is 13.3 Å². The molecule has 0 bridgehead atoms. The molecule has 7 nitrogen and oxygen atoms in total. The summed E-state index contributed by atoms with van der Waals surface area (Å²) in [5.74, 6) is 0.100. The van der Waals surface area contributed by atoms with Crippen LogP contribution in [0.4, 0.5) is 5.69 Å². The minimum absolute atomic E-state index is 0.199. The summed E-state index contributed by atoms with van der Waals surface area (Å²) in [6.07, 6.45) is 2.31. The van der Waals surface area contributed by atoms with E-state index in [0.717, 1.165) is 12.0 Å². The lowest BCUT2D eigenvalue weighted by Crippen LogP contribution is -2.25. The number of ether oxygens (including phenoxy) is 1. The van der Waals surface area contributed by atoms with Crippen LogP contribution in [-0.4, -0.2) is 36.6 Å². The predicted molar refractivity (Wildman–Crippen MR) is 133 cm³/mol. The molecule has 0 aliphatic heterocycles. The number of furan rings is 1. The van der Waals surface area contributed by atoms with E-state index >= 15 is 0 Å². The Labute approximate surface area is 201 Å². The predicted octanol–water partition coefficient (Wildman–Crippen LogP) is 5.48. The summed E-state index contributed by atoms with van der Waals surface area (Å²) >= 11 is 1.26. The highest BCUT2D eigenvalue weighted by molar-refractivity contribution is 7.17. The van der Waals surface area contributed by atoms with Gasteiger partial charge in [0.05, 0.1) is 12.0 Å². The summed E-state index contributed by atoms with van der Waals surface area (Å²) in [5.41, 5.74) is 2.41. The molecule has 34 heavy (non-hydrogen) atoms. The van der Waals surface area contributed by atoms with Gasteiger partial charge in [0.25, 0.3) is 11.8 Å². The molecule has 4 aromatic rings. The molecule has 0 aliphatic carbocycles. The fraction of sp³-hybridized carbons (Fsp3) is 0.192. The van der Waals surface area contributed by atoms with Crippen molar-refractivity contribution in [2.75, 3.05) is 25.1 Å². The van der Waals surface area contributed by atoms with Crippen molar-refractivity contribution in [1.29, 1.82) is 0 Å². The SMILES string of the molecule is CCOCCCNC(=O)c1cccc(NC(=O)c2sc(-c3ccco3)nc2-c2ccccc2)c1. The number of thiazole rings is 1. The van der Waals surface area contributed by atoms with E-state index in [1.165, 1.54) is 11.3 Å². The summed E-state index contributed by atoms with van der Waals surface area (Å²) in [6, 6.07) is 20.0. The van der Waals surface area contributed by atoms with Crippen LogP contribution in [-0.2, 0) is 4.74 Å². The number of nitrogens with zero attached hydrogens (tertiary/aromatic N) is 1. The number of carbonyl (C=O) groups is 2. The summed E-state index contributed by atoms with van der Waals surface area (Å²) in [6.45, 7) is 3.72. The molecule has 0 unspecified atom stereocenters. The highest BCUT2D eigenvalue weighted by Crippen LogP contribution is 2.34. The third-order valence-electron chi connectivity index (χ3n) is 4.95. The first-order valence-electron chi connectivity index (χ1n) is 11.0. The van der Waals surface area contributed by atoms with E-state index in [-0.39, 0.29) is 11.8 Å². The lowest BCUT2D eigenvalue weighted by atomic mass is 10.1. The van der Waals surface area contributed by atoms with Crippen LogP contribution in [0, 0.1) is 0 Å². The van der Waals surface area contributed by atoms with Gasteiger partial charge in [0.15, 0.2) is 10.8 Å². The lowest BCUT2D eigenvalue weighted by Gasteiger charge is -2.09. The monoisotopic (exact) mass is 475 g/mol. The molecule has 0 atom stereocenters. The minimum Gasteiger partial charge on any atom is -0.462 e. The first-order chi connectivity index (χ1) is 16.7. The first-order valence-corrected chi connectivity index (χ1v) is 11.8. The van der Waals surface area contributed by atoms with Crippen LogP contribution in [0.25, 0.3) is 22.0 Å². The summed E-state index contributed by atoms with van der Waals surface area (Å²) in [4.78, 5) is 30.9. The maximum atomic E-state index is 13.3. The minimum atomic E-state index is -0.302. The molecule has 2 aromatic carbocycles. The van der Waals surface area contributed by atoms with Crippen LogP contribution in [0.5, 0.6) is 0 Å². The zero-order chi connectivity index (χ0) is 23.8. The van der Waals surface area contributed by atoms with Crippen LogP contribution in [0.1, 0.15) is 33.4 Å². The van der Waals surface area contributed by atoms with Crippen LogP contribution in [0.2, 0.25) is 0 Å². The molecule has 8 heteroatoms. The maximum Gasteiger partial charge on any atom is 0.268 e.